The van der Waals surface area contributed by atoms with Crippen LogP contribution in [0.3, 0.4) is 0 Å². The first-order valence-electron chi connectivity index (χ1n) is 10.7. The number of nitrogens with zero attached hydrogens (tertiary/aromatic N) is 1. The van der Waals surface area contributed by atoms with Gasteiger partial charge in [0, 0.05) is 23.4 Å². The Morgan fingerprint density at radius 2 is 2.04 bits per heavy atom. The predicted octanol–water partition coefficient (Wildman–Crippen LogP) is 3.66. The highest BCUT2D eigenvalue weighted by Crippen LogP contribution is 2.73. The lowest BCUT2D eigenvalue weighted by Crippen LogP contribution is -2.75. The van der Waals surface area contributed by atoms with Crippen LogP contribution in [-0.4, -0.2) is 43.5 Å². The number of methoxy groups -OCH3 is 1. The first-order valence-corrected chi connectivity index (χ1v) is 10.7. The summed E-state index contributed by atoms with van der Waals surface area (Å²) >= 11 is 0. The summed E-state index contributed by atoms with van der Waals surface area (Å²) in [6.07, 6.45) is 4.66. The predicted molar refractivity (Wildman–Crippen MR) is 107 cm³/mol. The molecule has 1 saturated carbocycles. The molecule has 2 bridgehead atoms. The highest BCUT2D eigenvalue weighted by molar-refractivity contribution is 5.90. The summed E-state index contributed by atoms with van der Waals surface area (Å²) in [6, 6.07) is 4.74. The van der Waals surface area contributed by atoms with E-state index < -0.39 is 0 Å². The molecule has 0 amide bonds. The van der Waals surface area contributed by atoms with Crippen LogP contribution in [0.5, 0.6) is 11.5 Å². The number of carbonyl (C=O) groups is 1. The van der Waals surface area contributed by atoms with Gasteiger partial charge in [-0.2, -0.15) is 0 Å². The van der Waals surface area contributed by atoms with Gasteiger partial charge in [0.2, 0.25) is 0 Å². The van der Waals surface area contributed by atoms with Gasteiger partial charge in [0.05, 0.1) is 12.5 Å². The second kappa shape index (κ2) is 5.21. The molecule has 5 aliphatic rings. The van der Waals surface area contributed by atoms with Crippen molar-refractivity contribution in [3.63, 3.8) is 0 Å². The molecule has 148 valence electrons. The molecule has 0 N–H and O–H groups in total. The molecule has 0 radical (unpaired) electrons. The number of rotatable bonds is 1. The van der Waals surface area contributed by atoms with Crippen molar-refractivity contribution in [2.24, 2.45) is 11.3 Å². The summed E-state index contributed by atoms with van der Waals surface area (Å²) < 4.78 is 12.2. The van der Waals surface area contributed by atoms with E-state index >= 15 is 0 Å². The molecular weight excluding hydrogens is 350 g/mol. The van der Waals surface area contributed by atoms with Gasteiger partial charge in [0.15, 0.2) is 23.4 Å². The molecule has 6 rings (SSSR count). The second-order valence-electron chi connectivity index (χ2n) is 9.78. The molecule has 2 heterocycles. The number of hydrogen-bond donors (Lipinski definition) is 0. The molecule has 2 fully saturated rings. The highest BCUT2D eigenvalue weighted by atomic mass is 16.5. The summed E-state index contributed by atoms with van der Waals surface area (Å²) in [5.74, 6) is 2.29. The van der Waals surface area contributed by atoms with E-state index in [1.807, 2.05) is 6.07 Å². The lowest BCUT2D eigenvalue weighted by molar-refractivity contribution is -0.168. The number of benzene rings is 1. The number of Topliss-reactive ketones (excluding diaryl/α,β-unsaturated/α-hetero) is 1. The van der Waals surface area contributed by atoms with E-state index in [0.29, 0.717) is 24.2 Å². The Kier molecular flexibility index (Phi) is 3.18. The highest BCUT2D eigenvalue weighted by Gasteiger charge is 2.75. The fraction of sp³-hybridized carbons (Fsp3) is 0.625. The Labute approximate surface area is 166 Å². The molecular formula is C24H29NO3. The molecule has 3 aliphatic carbocycles. The molecule has 1 aromatic carbocycles. The third-order valence-corrected chi connectivity index (χ3v) is 9.22. The normalized spacial score (nSPS) is 40.7. The first kappa shape index (κ1) is 17.1. The van der Waals surface area contributed by atoms with Crippen LogP contribution in [0.2, 0.25) is 0 Å². The SMILES string of the molecule is COc1ccc2c3c1OC1C(=O)CC4C(C)=C(C)CCC45C(C2)N(C)CC[C@]315. The average Bonchev–Trinajstić information content (AvgIpc) is 3.04. The van der Waals surface area contributed by atoms with Crippen LogP contribution in [-0.2, 0) is 16.6 Å². The summed E-state index contributed by atoms with van der Waals surface area (Å²) in [4.78, 5) is 16.1. The van der Waals surface area contributed by atoms with E-state index in [1.165, 1.54) is 28.7 Å². The molecule has 0 aromatic heterocycles. The number of ether oxygens (including phenoxy) is 2. The summed E-state index contributed by atoms with van der Waals surface area (Å²) in [7, 11) is 4.00. The number of likely N-dealkylation sites (N-methyl/N-ethyl adjacent to an activating group) is 1. The Morgan fingerprint density at radius 1 is 1.21 bits per heavy atom. The summed E-state index contributed by atoms with van der Waals surface area (Å²) in [5.41, 5.74) is 5.56. The van der Waals surface area contributed by atoms with E-state index in [1.54, 1.807) is 7.11 Å². The van der Waals surface area contributed by atoms with Crippen molar-refractivity contribution in [3.8, 4) is 11.5 Å². The quantitative estimate of drug-likeness (QED) is 0.698. The van der Waals surface area contributed by atoms with Crippen LogP contribution in [0.25, 0.3) is 0 Å². The van der Waals surface area contributed by atoms with E-state index in [2.05, 4.69) is 31.9 Å². The zero-order valence-corrected chi connectivity index (χ0v) is 17.3. The minimum Gasteiger partial charge on any atom is -0.493 e. The summed E-state index contributed by atoms with van der Waals surface area (Å²) in [5, 5.41) is 0. The van der Waals surface area contributed by atoms with Crippen molar-refractivity contribution in [2.45, 2.75) is 63.5 Å². The molecule has 2 spiro atoms. The Bertz CT molecular complexity index is 949. The Hall–Kier alpha value is -1.81. The number of hydrogen-bond acceptors (Lipinski definition) is 4. The molecule has 4 unspecified atom stereocenters. The zero-order valence-electron chi connectivity index (χ0n) is 17.3. The lowest BCUT2D eigenvalue weighted by Gasteiger charge is -2.69. The molecule has 4 heteroatoms. The standard InChI is InChI=1S/C24H29NO3/c1-13-7-8-23-16(14(13)2)12-17(26)22-24(23)9-10-25(3)19(23)11-15-5-6-18(27-4)21(28-22)20(15)24/h5-6,16,19,22H,7-12H2,1-4H3/t16?,19?,22?,23?,24-/m0/s1. The van der Waals surface area contributed by atoms with E-state index in [9.17, 15) is 4.79 Å². The van der Waals surface area contributed by atoms with Gasteiger partial charge >= 0.3 is 0 Å². The smallest absolute Gasteiger partial charge is 0.174 e. The fourth-order valence-corrected chi connectivity index (χ4v) is 7.97. The maximum Gasteiger partial charge on any atom is 0.174 e. The van der Waals surface area contributed by atoms with Crippen molar-refractivity contribution in [2.75, 3.05) is 20.7 Å². The van der Waals surface area contributed by atoms with Gasteiger partial charge in [-0.3, -0.25) is 4.79 Å². The van der Waals surface area contributed by atoms with Gasteiger partial charge in [0.25, 0.3) is 0 Å². The van der Waals surface area contributed by atoms with Gasteiger partial charge < -0.3 is 14.4 Å². The third kappa shape index (κ3) is 1.60. The molecule has 4 nitrogen and oxygen atoms in total. The Balaban J connectivity index is 1.72. The van der Waals surface area contributed by atoms with Gasteiger partial charge in [0.1, 0.15) is 0 Å². The van der Waals surface area contributed by atoms with Gasteiger partial charge in [-0.25, -0.2) is 0 Å². The topological polar surface area (TPSA) is 38.8 Å². The van der Waals surface area contributed by atoms with Crippen LogP contribution in [0.4, 0.5) is 0 Å². The largest absolute Gasteiger partial charge is 0.493 e. The Morgan fingerprint density at radius 3 is 2.82 bits per heavy atom. The maximum atomic E-state index is 13.5. The molecule has 28 heavy (non-hydrogen) atoms. The number of allylic oxidation sites excluding steroid dienone is 2. The molecule has 2 aliphatic heterocycles. The second-order valence-corrected chi connectivity index (χ2v) is 9.78. The first-order chi connectivity index (χ1) is 13.5. The van der Waals surface area contributed by atoms with Crippen LogP contribution < -0.4 is 9.47 Å². The van der Waals surface area contributed by atoms with E-state index in [4.69, 9.17) is 9.47 Å². The van der Waals surface area contributed by atoms with Crippen molar-refractivity contribution in [1.82, 2.24) is 4.90 Å². The third-order valence-electron chi connectivity index (χ3n) is 9.22. The van der Waals surface area contributed by atoms with Gasteiger partial charge in [-0.15, -0.1) is 0 Å². The van der Waals surface area contributed by atoms with E-state index in [0.717, 1.165) is 37.3 Å². The maximum absolute atomic E-state index is 13.5. The van der Waals surface area contributed by atoms with Crippen LogP contribution in [0.15, 0.2) is 23.3 Å². The zero-order chi connectivity index (χ0) is 19.4. The number of ketones is 1. The minimum atomic E-state index is -0.337. The van der Waals surface area contributed by atoms with Gasteiger partial charge in [-0.1, -0.05) is 17.2 Å². The van der Waals surface area contributed by atoms with Crippen molar-refractivity contribution < 1.29 is 14.3 Å². The van der Waals surface area contributed by atoms with Crippen molar-refractivity contribution in [1.29, 1.82) is 0 Å². The number of likely N-dealkylation sites (tertiary alicyclic amines) is 1. The lowest BCUT2D eigenvalue weighted by atomic mass is 9.37. The number of carbonyl (C=O) groups excluding carboxylic acids is 1. The molecule has 1 saturated heterocycles. The van der Waals surface area contributed by atoms with Crippen LogP contribution in [0, 0.1) is 11.3 Å². The van der Waals surface area contributed by atoms with Crippen molar-refractivity contribution in [3.05, 3.63) is 34.4 Å². The number of piperidine rings is 1. The average molecular weight is 380 g/mol. The van der Waals surface area contributed by atoms with Crippen molar-refractivity contribution >= 4 is 5.78 Å². The van der Waals surface area contributed by atoms with E-state index in [-0.39, 0.29) is 16.9 Å². The monoisotopic (exact) mass is 379 g/mol. The molecule has 5 atom stereocenters. The summed E-state index contributed by atoms with van der Waals surface area (Å²) in [6.45, 7) is 5.59. The van der Waals surface area contributed by atoms with Crippen LogP contribution in [0.1, 0.15) is 50.7 Å². The minimum absolute atomic E-state index is 0.0901. The van der Waals surface area contributed by atoms with Gasteiger partial charge in [-0.05, 0) is 70.7 Å². The van der Waals surface area contributed by atoms with Crippen LogP contribution >= 0.6 is 0 Å². The fourth-order valence-electron chi connectivity index (χ4n) is 7.97. The molecule has 1 aromatic rings.